The Morgan fingerprint density at radius 2 is 1.93 bits per heavy atom. The maximum Gasteiger partial charge on any atom is 0.338 e. The zero-order valence-electron chi connectivity index (χ0n) is 16.1. The molecular weight excluding hydrogens is 428 g/mol. The molecule has 1 aromatic heterocycles. The molecule has 0 aliphatic rings. The van der Waals surface area contributed by atoms with Crippen molar-refractivity contribution in [2.24, 2.45) is 0 Å². The minimum atomic E-state index is -0.437. The van der Waals surface area contributed by atoms with Crippen LogP contribution in [0.1, 0.15) is 23.2 Å². The zero-order valence-corrected chi connectivity index (χ0v) is 17.6. The first-order valence-electron chi connectivity index (χ1n) is 9.05. The van der Waals surface area contributed by atoms with E-state index in [1.807, 2.05) is 12.1 Å². The lowest BCUT2D eigenvalue weighted by atomic mass is 10.2. The lowest BCUT2D eigenvalue weighted by Crippen LogP contribution is -2.14. The fourth-order valence-corrected chi connectivity index (χ4v) is 3.18. The summed E-state index contributed by atoms with van der Waals surface area (Å²) < 4.78 is 10.5. The van der Waals surface area contributed by atoms with Gasteiger partial charge in [0.1, 0.15) is 0 Å². The molecule has 0 spiro atoms. The molecule has 0 unspecified atom stereocenters. The monoisotopic (exact) mass is 446 g/mol. The van der Waals surface area contributed by atoms with E-state index < -0.39 is 5.97 Å². The number of amides is 1. The summed E-state index contributed by atoms with van der Waals surface area (Å²) in [5.41, 5.74) is 1.71. The van der Waals surface area contributed by atoms with Crippen LogP contribution < -0.4 is 10.6 Å². The molecule has 0 fully saturated rings. The van der Waals surface area contributed by atoms with Crippen molar-refractivity contribution in [2.75, 3.05) is 23.0 Å². The second-order valence-electron chi connectivity index (χ2n) is 5.96. The van der Waals surface area contributed by atoms with Crippen LogP contribution in [0.25, 0.3) is 0 Å². The van der Waals surface area contributed by atoms with Crippen LogP contribution in [0.4, 0.5) is 11.4 Å². The highest BCUT2D eigenvalue weighted by Crippen LogP contribution is 2.19. The normalized spacial score (nSPS) is 10.5. The van der Waals surface area contributed by atoms with E-state index in [-0.39, 0.29) is 23.5 Å². The predicted molar refractivity (Wildman–Crippen MR) is 115 cm³/mol. The number of carbonyl (C=O) groups excluding carboxylic acids is 2. The minimum Gasteiger partial charge on any atom is -0.462 e. The van der Waals surface area contributed by atoms with Crippen LogP contribution in [-0.2, 0) is 16.1 Å². The van der Waals surface area contributed by atoms with Gasteiger partial charge in [0, 0.05) is 16.4 Å². The van der Waals surface area contributed by atoms with Crippen LogP contribution >= 0.6 is 23.4 Å². The van der Waals surface area contributed by atoms with Crippen LogP contribution in [0.5, 0.6) is 0 Å². The number of nitrogens with zero attached hydrogens (tertiary/aromatic N) is 2. The standard InChI is InChI=1S/C20H19ClN4O4S/c1-2-28-19(27)13-5-3-8-16(9-13)23-17(26)12-30-20-25-24-18(29-20)11-22-15-7-4-6-14(21)10-15/h3-10,22H,2,11-12H2,1H3,(H,23,26). The number of benzene rings is 2. The first-order chi connectivity index (χ1) is 14.5. The van der Waals surface area contributed by atoms with Crippen molar-refractivity contribution in [2.45, 2.75) is 18.7 Å². The Kier molecular flexibility index (Phi) is 7.69. The SMILES string of the molecule is CCOC(=O)c1cccc(NC(=O)CSc2nnc(CNc3cccc(Cl)c3)o2)c1. The van der Waals surface area contributed by atoms with Crippen molar-refractivity contribution in [3.63, 3.8) is 0 Å². The molecule has 2 aromatic carbocycles. The third-order valence-corrected chi connectivity index (χ3v) is 4.75. The van der Waals surface area contributed by atoms with Crippen LogP contribution in [0.3, 0.4) is 0 Å². The molecule has 10 heteroatoms. The molecule has 0 aliphatic heterocycles. The van der Waals surface area contributed by atoms with Crippen LogP contribution in [0, 0.1) is 0 Å². The molecule has 1 amide bonds. The highest BCUT2D eigenvalue weighted by molar-refractivity contribution is 7.99. The van der Waals surface area contributed by atoms with Gasteiger partial charge in [-0.1, -0.05) is 35.5 Å². The third-order valence-electron chi connectivity index (χ3n) is 3.70. The number of ether oxygens (including phenoxy) is 1. The predicted octanol–water partition coefficient (Wildman–Crippen LogP) is 4.24. The smallest absolute Gasteiger partial charge is 0.338 e. The van der Waals surface area contributed by atoms with E-state index >= 15 is 0 Å². The van der Waals surface area contributed by atoms with E-state index in [0.717, 1.165) is 17.4 Å². The highest BCUT2D eigenvalue weighted by Gasteiger charge is 2.12. The van der Waals surface area contributed by atoms with E-state index in [4.69, 9.17) is 20.8 Å². The summed E-state index contributed by atoms with van der Waals surface area (Å²) in [6.07, 6.45) is 0. The summed E-state index contributed by atoms with van der Waals surface area (Å²) in [5, 5.41) is 14.6. The quantitative estimate of drug-likeness (QED) is 0.371. The van der Waals surface area contributed by atoms with Crippen LogP contribution in [0.2, 0.25) is 5.02 Å². The lowest BCUT2D eigenvalue weighted by molar-refractivity contribution is -0.113. The number of thioether (sulfide) groups is 1. The van der Waals surface area contributed by atoms with Gasteiger partial charge in [0.2, 0.25) is 11.8 Å². The van der Waals surface area contributed by atoms with Crippen molar-refractivity contribution in [3.05, 3.63) is 65.0 Å². The molecule has 0 atom stereocenters. The molecule has 0 aliphatic carbocycles. The Morgan fingerprint density at radius 3 is 2.73 bits per heavy atom. The number of rotatable bonds is 9. The average molecular weight is 447 g/mol. The van der Waals surface area contributed by atoms with Gasteiger partial charge in [-0.3, -0.25) is 4.79 Å². The molecule has 2 N–H and O–H groups in total. The van der Waals surface area contributed by atoms with E-state index in [2.05, 4.69) is 20.8 Å². The van der Waals surface area contributed by atoms with Crippen molar-refractivity contribution in [3.8, 4) is 0 Å². The number of anilines is 2. The number of carbonyl (C=O) groups is 2. The molecule has 0 bridgehead atoms. The first kappa shape index (κ1) is 21.7. The summed E-state index contributed by atoms with van der Waals surface area (Å²) in [6.45, 7) is 2.35. The molecule has 0 radical (unpaired) electrons. The van der Waals surface area contributed by atoms with Gasteiger partial charge in [-0.25, -0.2) is 4.79 Å². The Balaban J connectivity index is 1.47. The van der Waals surface area contributed by atoms with Crippen molar-refractivity contribution < 1.29 is 18.7 Å². The topological polar surface area (TPSA) is 106 Å². The molecule has 8 nitrogen and oxygen atoms in total. The fourth-order valence-electron chi connectivity index (χ4n) is 2.41. The summed E-state index contributed by atoms with van der Waals surface area (Å²) >= 11 is 7.06. The third kappa shape index (κ3) is 6.50. The summed E-state index contributed by atoms with van der Waals surface area (Å²) in [4.78, 5) is 24.0. The molecule has 0 saturated heterocycles. The number of nitrogens with one attached hydrogen (secondary N) is 2. The van der Waals surface area contributed by atoms with E-state index in [0.29, 0.717) is 28.7 Å². The zero-order chi connectivity index (χ0) is 21.3. The van der Waals surface area contributed by atoms with E-state index in [9.17, 15) is 9.59 Å². The summed E-state index contributed by atoms with van der Waals surface area (Å²) in [6, 6.07) is 13.8. The van der Waals surface area contributed by atoms with Gasteiger partial charge in [0.05, 0.1) is 24.5 Å². The molecule has 3 rings (SSSR count). The Labute approximate surface area is 182 Å². The molecule has 3 aromatic rings. The molecular formula is C20H19ClN4O4S. The highest BCUT2D eigenvalue weighted by atomic mass is 35.5. The Bertz CT molecular complexity index is 1030. The number of hydrogen-bond donors (Lipinski definition) is 2. The average Bonchev–Trinajstić information content (AvgIpc) is 3.19. The van der Waals surface area contributed by atoms with Gasteiger partial charge >= 0.3 is 5.97 Å². The summed E-state index contributed by atoms with van der Waals surface area (Å²) in [5.74, 6) is -0.238. The fraction of sp³-hybridized carbons (Fsp3) is 0.200. The van der Waals surface area contributed by atoms with Gasteiger partial charge < -0.3 is 19.8 Å². The van der Waals surface area contributed by atoms with Crippen LogP contribution in [-0.4, -0.2) is 34.4 Å². The largest absolute Gasteiger partial charge is 0.462 e. The van der Waals surface area contributed by atoms with Crippen molar-refractivity contribution in [1.29, 1.82) is 0 Å². The number of aromatic nitrogens is 2. The first-order valence-corrected chi connectivity index (χ1v) is 10.4. The second-order valence-corrected chi connectivity index (χ2v) is 7.33. The lowest BCUT2D eigenvalue weighted by Gasteiger charge is -2.06. The van der Waals surface area contributed by atoms with Crippen molar-refractivity contribution >= 4 is 46.6 Å². The number of halogens is 1. The molecule has 156 valence electrons. The van der Waals surface area contributed by atoms with Gasteiger partial charge in [0.25, 0.3) is 5.22 Å². The Morgan fingerprint density at radius 1 is 1.13 bits per heavy atom. The van der Waals surface area contributed by atoms with Gasteiger partial charge in [-0.15, -0.1) is 10.2 Å². The number of hydrogen-bond acceptors (Lipinski definition) is 8. The van der Waals surface area contributed by atoms with Crippen LogP contribution in [0.15, 0.2) is 58.2 Å². The van der Waals surface area contributed by atoms with Gasteiger partial charge in [0.15, 0.2) is 0 Å². The van der Waals surface area contributed by atoms with Gasteiger partial charge in [-0.2, -0.15) is 0 Å². The number of esters is 1. The van der Waals surface area contributed by atoms with Crippen molar-refractivity contribution in [1.82, 2.24) is 10.2 Å². The summed E-state index contributed by atoms with van der Waals surface area (Å²) in [7, 11) is 0. The van der Waals surface area contributed by atoms with E-state index in [1.165, 1.54) is 0 Å². The molecule has 0 saturated carbocycles. The minimum absolute atomic E-state index is 0.0764. The van der Waals surface area contributed by atoms with E-state index in [1.54, 1.807) is 43.3 Å². The maximum atomic E-state index is 12.2. The molecule has 1 heterocycles. The second kappa shape index (κ2) is 10.7. The molecule has 30 heavy (non-hydrogen) atoms. The van der Waals surface area contributed by atoms with Gasteiger partial charge in [-0.05, 0) is 43.3 Å². The Hall–Kier alpha value is -3.04. The maximum absolute atomic E-state index is 12.2.